The van der Waals surface area contributed by atoms with Crippen molar-refractivity contribution in [1.82, 2.24) is 10.2 Å². The van der Waals surface area contributed by atoms with Gasteiger partial charge in [-0.2, -0.15) is 0 Å². The SMILES string of the molecule is CCCC(C)NCCCN(C)C(C)C. The first-order chi connectivity index (χ1) is 6.57. The van der Waals surface area contributed by atoms with Crippen molar-refractivity contribution in [2.24, 2.45) is 0 Å². The summed E-state index contributed by atoms with van der Waals surface area (Å²) in [5.74, 6) is 0. The van der Waals surface area contributed by atoms with Crippen LogP contribution < -0.4 is 5.32 Å². The molecule has 14 heavy (non-hydrogen) atoms. The van der Waals surface area contributed by atoms with E-state index in [4.69, 9.17) is 0 Å². The predicted molar refractivity (Wildman–Crippen MR) is 64.8 cm³/mol. The molecule has 0 aromatic carbocycles. The van der Waals surface area contributed by atoms with Crippen LogP contribution >= 0.6 is 0 Å². The molecule has 0 aliphatic rings. The van der Waals surface area contributed by atoms with Crippen molar-refractivity contribution < 1.29 is 0 Å². The minimum atomic E-state index is 0.670. The Morgan fingerprint density at radius 1 is 1.21 bits per heavy atom. The van der Waals surface area contributed by atoms with E-state index in [2.05, 4.69) is 45.0 Å². The molecule has 0 fully saturated rings. The van der Waals surface area contributed by atoms with Gasteiger partial charge in [0.1, 0.15) is 0 Å². The fourth-order valence-electron chi connectivity index (χ4n) is 1.47. The van der Waals surface area contributed by atoms with Crippen LogP contribution in [0.3, 0.4) is 0 Å². The molecule has 2 heteroatoms. The molecule has 0 aromatic rings. The van der Waals surface area contributed by atoms with Crippen molar-refractivity contribution in [3.8, 4) is 0 Å². The molecule has 0 aromatic heterocycles. The van der Waals surface area contributed by atoms with E-state index in [1.807, 2.05) is 0 Å². The summed E-state index contributed by atoms with van der Waals surface area (Å²) in [5.41, 5.74) is 0. The van der Waals surface area contributed by atoms with Crippen LogP contribution in [0.5, 0.6) is 0 Å². The van der Waals surface area contributed by atoms with Gasteiger partial charge in [0.2, 0.25) is 0 Å². The van der Waals surface area contributed by atoms with E-state index in [0.717, 1.165) is 6.54 Å². The Morgan fingerprint density at radius 3 is 2.36 bits per heavy atom. The van der Waals surface area contributed by atoms with Gasteiger partial charge in [-0.05, 0) is 53.8 Å². The summed E-state index contributed by atoms with van der Waals surface area (Å²) in [5, 5.41) is 3.55. The summed E-state index contributed by atoms with van der Waals surface area (Å²) in [7, 11) is 2.19. The molecule has 0 amide bonds. The number of hydrogen-bond acceptors (Lipinski definition) is 2. The topological polar surface area (TPSA) is 15.3 Å². The summed E-state index contributed by atoms with van der Waals surface area (Å²) < 4.78 is 0. The molecular formula is C12H28N2. The highest BCUT2D eigenvalue weighted by atomic mass is 15.1. The highest BCUT2D eigenvalue weighted by Gasteiger charge is 2.02. The lowest BCUT2D eigenvalue weighted by Crippen LogP contribution is -2.32. The highest BCUT2D eigenvalue weighted by Crippen LogP contribution is 1.97. The van der Waals surface area contributed by atoms with Crippen LogP contribution in [-0.4, -0.2) is 37.1 Å². The van der Waals surface area contributed by atoms with Crippen LogP contribution in [0, 0.1) is 0 Å². The quantitative estimate of drug-likeness (QED) is 0.606. The van der Waals surface area contributed by atoms with Crippen LogP contribution in [-0.2, 0) is 0 Å². The fraction of sp³-hybridized carbons (Fsp3) is 1.00. The average Bonchev–Trinajstić information content (AvgIpc) is 2.12. The Bertz CT molecular complexity index is 123. The molecule has 0 aliphatic heterocycles. The lowest BCUT2D eigenvalue weighted by atomic mass is 10.2. The molecule has 86 valence electrons. The van der Waals surface area contributed by atoms with Gasteiger partial charge >= 0.3 is 0 Å². The minimum absolute atomic E-state index is 0.670. The highest BCUT2D eigenvalue weighted by molar-refractivity contribution is 4.62. The molecule has 0 heterocycles. The van der Waals surface area contributed by atoms with Gasteiger partial charge in [0.05, 0.1) is 0 Å². The van der Waals surface area contributed by atoms with Crippen LogP contribution in [0.4, 0.5) is 0 Å². The van der Waals surface area contributed by atoms with Crippen molar-refractivity contribution in [1.29, 1.82) is 0 Å². The zero-order valence-electron chi connectivity index (χ0n) is 10.6. The number of nitrogens with one attached hydrogen (secondary N) is 1. The van der Waals surface area contributed by atoms with Crippen LogP contribution in [0.15, 0.2) is 0 Å². The summed E-state index contributed by atoms with van der Waals surface area (Å²) in [6.07, 6.45) is 3.82. The summed E-state index contributed by atoms with van der Waals surface area (Å²) in [6.45, 7) is 11.3. The minimum Gasteiger partial charge on any atom is -0.314 e. The monoisotopic (exact) mass is 200 g/mol. The maximum absolute atomic E-state index is 3.55. The second-order valence-electron chi connectivity index (χ2n) is 4.57. The Kier molecular flexibility index (Phi) is 8.20. The Balaban J connectivity index is 3.28. The Hall–Kier alpha value is -0.0800. The van der Waals surface area contributed by atoms with E-state index in [-0.39, 0.29) is 0 Å². The maximum atomic E-state index is 3.55. The van der Waals surface area contributed by atoms with Gasteiger partial charge in [0.25, 0.3) is 0 Å². The molecule has 0 bridgehead atoms. The van der Waals surface area contributed by atoms with Gasteiger partial charge in [-0.25, -0.2) is 0 Å². The Morgan fingerprint density at radius 2 is 1.86 bits per heavy atom. The average molecular weight is 200 g/mol. The predicted octanol–water partition coefficient (Wildman–Crippen LogP) is 2.49. The van der Waals surface area contributed by atoms with Gasteiger partial charge < -0.3 is 10.2 Å². The van der Waals surface area contributed by atoms with Crippen molar-refractivity contribution in [3.63, 3.8) is 0 Å². The zero-order chi connectivity index (χ0) is 11.0. The van der Waals surface area contributed by atoms with E-state index in [0.29, 0.717) is 12.1 Å². The normalized spacial score (nSPS) is 13.9. The summed E-state index contributed by atoms with van der Waals surface area (Å²) in [4.78, 5) is 2.40. The van der Waals surface area contributed by atoms with E-state index in [9.17, 15) is 0 Å². The van der Waals surface area contributed by atoms with Crippen LogP contribution in [0.25, 0.3) is 0 Å². The summed E-state index contributed by atoms with van der Waals surface area (Å²) in [6, 6.07) is 1.35. The summed E-state index contributed by atoms with van der Waals surface area (Å²) >= 11 is 0. The second-order valence-corrected chi connectivity index (χ2v) is 4.57. The number of nitrogens with zero attached hydrogens (tertiary/aromatic N) is 1. The molecular weight excluding hydrogens is 172 g/mol. The van der Waals surface area contributed by atoms with E-state index in [1.54, 1.807) is 0 Å². The lowest BCUT2D eigenvalue weighted by Gasteiger charge is -2.21. The smallest absolute Gasteiger partial charge is 0.00386 e. The Labute approximate surface area is 90.1 Å². The van der Waals surface area contributed by atoms with Gasteiger partial charge in [-0.15, -0.1) is 0 Å². The van der Waals surface area contributed by atoms with Crippen molar-refractivity contribution in [2.75, 3.05) is 20.1 Å². The maximum Gasteiger partial charge on any atom is 0.00386 e. The van der Waals surface area contributed by atoms with Crippen LogP contribution in [0.2, 0.25) is 0 Å². The largest absolute Gasteiger partial charge is 0.314 e. The van der Waals surface area contributed by atoms with E-state index >= 15 is 0 Å². The second kappa shape index (κ2) is 8.25. The molecule has 0 radical (unpaired) electrons. The first-order valence-electron chi connectivity index (χ1n) is 6.01. The molecule has 1 N–H and O–H groups in total. The molecule has 1 unspecified atom stereocenters. The molecule has 0 aliphatic carbocycles. The van der Waals surface area contributed by atoms with Crippen molar-refractivity contribution in [3.05, 3.63) is 0 Å². The van der Waals surface area contributed by atoms with Gasteiger partial charge in [0, 0.05) is 12.1 Å². The first kappa shape index (κ1) is 13.9. The van der Waals surface area contributed by atoms with Crippen LogP contribution in [0.1, 0.15) is 47.0 Å². The molecule has 1 atom stereocenters. The van der Waals surface area contributed by atoms with E-state index in [1.165, 1.54) is 25.8 Å². The molecule has 0 rings (SSSR count). The third kappa shape index (κ3) is 7.34. The standard InChI is InChI=1S/C12H28N2/c1-6-8-12(4)13-9-7-10-14(5)11(2)3/h11-13H,6-10H2,1-5H3. The molecule has 0 saturated heterocycles. The van der Waals surface area contributed by atoms with Crippen molar-refractivity contribution >= 4 is 0 Å². The molecule has 0 saturated carbocycles. The van der Waals surface area contributed by atoms with Crippen molar-refractivity contribution in [2.45, 2.75) is 59.0 Å². The third-order valence-corrected chi connectivity index (χ3v) is 2.78. The molecule has 2 nitrogen and oxygen atoms in total. The third-order valence-electron chi connectivity index (χ3n) is 2.78. The number of hydrogen-bond donors (Lipinski definition) is 1. The lowest BCUT2D eigenvalue weighted by molar-refractivity contribution is 0.267. The fourth-order valence-corrected chi connectivity index (χ4v) is 1.47. The van der Waals surface area contributed by atoms with Gasteiger partial charge in [0.15, 0.2) is 0 Å². The number of rotatable bonds is 8. The van der Waals surface area contributed by atoms with Gasteiger partial charge in [-0.1, -0.05) is 13.3 Å². The first-order valence-corrected chi connectivity index (χ1v) is 6.01. The van der Waals surface area contributed by atoms with Gasteiger partial charge in [-0.3, -0.25) is 0 Å². The molecule has 0 spiro atoms. The van der Waals surface area contributed by atoms with E-state index < -0.39 is 0 Å². The zero-order valence-corrected chi connectivity index (χ0v) is 10.6.